The molecule has 0 atom stereocenters. The SMILES string of the molecule is C#CCN(CC(=O)O)C(=O)c1ccc[nH]c1=O. The van der Waals surface area contributed by atoms with E-state index < -0.39 is 24.0 Å². The van der Waals surface area contributed by atoms with Gasteiger partial charge in [-0.15, -0.1) is 6.42 Å². The van der Waals surface area contributed by atoms with Crippen LogP contribution in [-0.4, -0.2) is 40.0 Å². The molecule has 0 saturated carbocycles. The first-order valence-corrected chi connectivity index (χ1v) is 4.68. The molecule has 0 saturated heterocycles. The van der Waals surface area contributed by atoms with Gasteiger partial charge in [-0.05, 0) is 12.1 Å². The summed E-state index contributed by atoms with van der Waals surface area (Å²) in [6, 6.07) is 2.79. The number of pyridine rings is 1. The van der Waals surface area contributed by atoms with Crippen LogP contribution in [0.2, 0.25) is 0 Å². The Hall–Kier alpha value is -2.55. The van der Waals surface area contributed by atoms with E-state index in [2.05, 4.69) is 10.9 Å². The molecule has 0 bridgehead atoms. The molecule has 0 aliphatic rings. The maximum absolute atomic E-state index is 11.8. The summed E-state index contributed by atoms with van der Waals surface area (Å²) < 4.78 is 0. The predicted molar refractivity (Wildman–Crippen MR) is 59.4 cm³/mol. The van der Waals surface area contributed by atoms with Crippen molar-refractivity contribution in [2.24, 2.45) is 0 Å². The fourth-order valence-electron chi connectivity index (χ4n) is 1.23. The number of amides is 1. The molecule has 1 aromatic heterocycles. The van der Waals surface area contributed by atoms with Gasteiger partial charge in [0.1, 0.15) is 12.1 Å². The van der Waals surface area contributed by atoms with Crippen LogP contribution in [0.3, 0.4) is 0 Å². The van der Waals surface area contributed by atoms with Gasteiger partial charge in [-0.2, -0.15) is 0 Å². The Balaban J connectivity index is 3.01. The summed E-state index contributed by atoms with van der Waals surface area (Å²) in [5, 5.41) is 8.63. The molecule has 0 aliphatic heterocycles. The number of aromatic nitrogens is 1. The number of carboxylic acid groups (broad SMARTS) is 1. The van der Waals surface area contributed by atoms with Crippen molar-refractivity contribution in [1.82, 2.24) is 9.88 Å². The van der Waals surface area contributed by atoms with Gasteiger partial charge in [0, 0.05) is 6.20 Å². The number of rotatable bonds is 4. The summed E-state index contributed by atoms with van der Waals surface area (Å²) in [5.41, 5.74) is -0.714. The lowest BCUT2D eigenvalue weighted by atomic mass is 10.2. The van der Waals surface area contributed by atoms with E-state index in [0.29, 0.717) is 0 Å². The topological polar surface area (TPSA) is 90.5 Å². The third kappa shape index (κ3) is 3.21. The zero-order valence-corrected chi connectivity index (χ0v) is 8.84. The number of carboxylic acids is 1. The minimum absolute atomic E-state index is 0.135. The van der Waals surface area contributed by atoms with Gasteiger partial charge in [-0.3, -0.25) is 14.4 Å². The number of hydrogen-bond donors (Lipinski definition) is 2. The van der Waals surface area contributed by atoms with Crippen molar-refractivity contribution in [2.45, 2.75) is 0 Å². The second-order valence-electron chi connectivity index (χ2n) is 3.17. The van der Waals surface area contributed by atoms with Gasteiger partial charge in [0.2, 0.25) is 0 Å². The number of H-pyrrole nitrogens is 1. The molecule has 0 aromatic carbocycles. The zero-order valence-electron chi connectivity index (χ0n) is 8.84. The molecule has 1 amide bonds. The van der Waals surface area contributed by atoms with Crippen LogP contribution in [0.15, 0.2) is 23.1 Å². The van der Waals surface area contributed by atoms with E-state index in [9.17, 15) is 14.4 Å². The molecule has 0 unspecified atom stereocenters. The lowest BCUT2D eigenvalue weighted by Gasteiger charge is -2.17. The van der Waals surface area contributed by atoms with Gasteiger partial charge in [-0.1, -0.05) is 5.92 Å². The number of aromatic amines is 1. The van der Waals surface area contributed by atoms with Crippen molar-refractivity contribution < 1.29 is 14.7 Å². The first-order valence-electron chi connectivity index (χ1n) is 4.68. The number of aliphatic carboxylic acids is 1. The molecule has 6 nitrogen and oxygen atoms in total. The highest BCUT2D eigenvalue weighted by molar-refractivity contribution is 5.95. The number of carbonyl (C=O) groups excluding carboxylic acids is 1. The van der Waals surface area contributed by atoms with E-state index in [1.807, 2.05) is 0 Å². The van der Waals surface area contributed by atoms with Crippen molar-refractivity contribution in [3.63, 3.8) is 0 Å². The van der Waals surface area contributed by atoms with Crippen LogP contribution >= 0.6 is 0 Å². The van der Waals surface area contributed by atoms with Crippen molar-refractivity contribution in [3.05, 3.63) is 34.2 Å². The molecular weight excluding hydrogens is 224 g/mol. The Labute approximate surface area is 96.9 Å². The second kappa shape index (κ2) is 5.51. The molecule has 0 spiro atoms. The Morgan fingerprint density at radius 1 is 1.53 bits per heavy atom. The smallest absolute Gasteiger partial charge is 0.323 e. The largest absolute Gasteiger partial charge is 0.480 e. The molecule has 17 heavy (non-hydrogen) atoms. The number of terminal acetylenes is 1. The van der Waals surface area contributed by atoms with Crippen molar-refractivity contribution in [2.75, 3.05) is 13.1 Å². The van der Waals surface area contributed by atoms with Crippen molar-refractivity contribution in [3.8, 4) is 12.3 Å². The van der Waals surface area contributed by atoms with Crippen LogP contribution in [0.4, 0.5) is 0 Å². The third-order valence-corrected chi connectivity index (χ3v) is 1.94. The summed E-state index contributed by atoms with van der Waals surface area (Å²) in [5.74, 6) is 0.278. The highest BCUT2D eigenvalue weighted by Crippen LogP contribution is 1.98. The average molecular weight is 234 g/mol. The van der Waals surface area contributed by atoms with Crippen LogP contribution in [0.1, 0.15) is 10.4 Å². The van der Waals surface area contributed by atoms with Crippen LogP contribution in [-0.2, 0) is 4.79 Å². The summed E-state index contributed by atoms with van der Waals surface area (Å²) in [7, 11) is 0. The Bertz CT molecular complexity index is 527. The summed E-state index contributed by atoms with van der Waals surface area (Å²) in [4.78, 5) is 37.0. The van der Waals surface area contributed by atoms with Gasteiger partial charge in [0.15, 0.2) is 0 Å². The van der Waals surface area contributed by atoms with E-state index in [1.165, 1.54) is 18.3 Å². The summed E-state index contributed by atoms with van der Waals surface area (Å²) in [6.07, 6.45) is 6.41. The molecule has 0 aliphatic carbocycles. The third-order valence-electron chi connectivity index (χ3n) is 1.94. The standard InChI is InChI=1S/C11H10N2O4/c1-2-6-13(7-9(14)15)11(17)8-4-3-5-12-10(8)16/h1,3-5H,6-7H2,(H,12,16)(H,14,15). The fourth-order valence-corrected chi connectivity index (χ4v) is 1.23. The Morgan fingerprint density at radius 2 is 2.24 bits per heavy atom. The Kier molecular flexibility index (Phi) is 4.06. The lowest BCUT2D eigenvalue weighted by Crippen LogP contribution is -2.38. The van der Waals surface area contributed by atoms with Crippen molar-refractivity contribution >= 4 is 11.9 Å². The first kappa shape index (κ1) is 12.5. The summed E-state index contributed by atoms with van der Waals surface area (Å²) in [6.45, 7) is -0.711. The van der Waals surface area contributed by atoms with Gasteiger partial charge < -0.3 is 15.0 Å². The van der Waals surface area contributed by atoms with E-state index in [4.69, 9.17) is 11.5 Å². The Morgan fingerprint density at radius 3 is 2.76 bits per heavy atom. The van der Waals surface area contributed by atoms with E-state index >= 15 is 0 Å². The van der Waals surface area contributed by atoms with E-state index in [0.717, 1.165) is 4.90 Å². The minimum Gasteiger partial charge on any atom is -0.480 e. The maximum atomic E-state index is 11.8. The van der Waals surface area contributed by atoms with Gasteiger partial charge in [0.05, 0.1) is 6.54 Å². The number of nitrogens with zero attached hydrogens (tertiary/aromatic N) is 1. The zero-order chi connectivity index (χ0) is 12.8. The quantitative estimate of drug-likeness (QED) is 0.689. The highest BCUT2D eigenvalue weighted by atomic mass is 16.4. The van der Waals surface area contributed by atoms with Crippen LogP contribution < -0.4 is 5.56 Å². The van der Waals surface area contributed by atoms with Crippen LogP contribution in [0.25, 0.3) is 0 Å². The lowest BCUT2D eigenvalue weighted by molar-refractivity contribution is -0.137. The number of carbonyl (C=O) groups is 2. The van der Waals surface area contributed by atoms with Gasteiger partial charge in [-0.25, -0.2) is 0 Å². The monoisotopic (exact) mass is 234 g/mol. The molecule has 6 heteroatoms. The molecule has 1 aromatic rings. The van der Waals surface area contributed by atoms with E-state index in [-0.39, 0.29) is 12.1 Å². The highest BCUT2D eigenvalue weighted by Gasteiger charge is 2.19. The minimum atomic E-state index is -1.19. The molecule has 88 valence electrons. The normalized spacial score (nSPS) is 9.35. The molecule has 0 fully saturated rings. The first-order chi connectivity index (χ1) is 8.06. The maximum Gasteiger partial charge on any atom is 0.323 e. The van der Waals surface area contributed by atoms with Crippen LogP contribution in [0, 0.1) is 12.3 Å². The molecule has 0 radical (unpaired) electrons. The number of hydrogen-bond acceptors (Lipinski definition) is 3. The van der Waals surface area contributed by atoms with E-state index in [1.54, 1.807) is 0 Å². The molecular formula is C11H10N2O4. The average Bonchev–Trinajstić information content (AvgIpc) is 2.28. The number of nitrogens with one attached hydrogen (secondary N) is 1. The fraction of sp³-hybridized carbons (Fsp3) is 0.182. The molecule has 1 heterocycles. The second-order valence-corrected chi connectivity index (χ2v) is 3.17. The predicted octanol–water partition coefficient (Wildman–Crippen LogP) is -0.465. The molecule has 2 N–H and O–H groups in total. The van der Waals surface area contributed by atoms with Crippen LogP contribution in [0.5, 0.6) is 0 Å². The molecule has 1 rings (SSSR count). The summed E-state index contributed by atoms with van der Waals surface area (Å²) >= 11 is 0. The van der Waals surface area contributed by atoms with Gasteiger partial charge >= 0.3 is 5.97 Å². The van der Waals surface area contributed by atoms with Crippen molar-refractivity contribution in [1.29, 1.82) is 0 Å². The van der Waals surface area contributed by atoms with Gasteiger partial charge in [0.25, 0.3) is 11.5 Å².